The molecular weight excluding hydrogens is 389 g/mol. The van der Waals surface area contributed by atoms with Crippen molar-refractivity contribution in [3.63, 3.8) is 0 Å². The average Bonchev–Trinajstić information content (AvgIpc) is 3.11. The third-order valence-corrected chi connectivity index (χ3v) is 5.17. The Labute approximate surface area is 158 Å². The van der Waals surface area contributed by atoms with Crippen LogP contribution in [0.1, 0.15) is 11.3 Å². The predicted molar refractivity (Wildman–Crippen MR) is 100 cm³/mol. The van der Waals surface area contributed by atoms with Crippen molar-refractivity contribution < 1.29 is 13.9 Å². The summed E-state index contributed by atoms with van der Waals surface area (Å²) in [6.45, 7) is 0.294. The molecule has 0 N–H and O–H groups in total. The minimum Gasteiger partial charge on any atom is -0.495 e. The molecule has 1 aliphatic heterocycles. The Morgan fingerprint density at radius 1 is 1.42 bits per heavy atom. The van der Waals surface area contributed by atoms with Gasteiger partial charge in [-0.25, -0.2) is 0 Å². The van der Waals surface area contributed by atoms with Crippen molar-refractivity contribution >= 4 is 63.5 Å². The molecule has 0 radical (unpaired) electrons. The van der Waals surface area contributed by atoms with E-state index in [1.165, 1.54) is 23.8 Å². The van der Waals surface area contributed by atoms with E-state index in [1.807, 2.05) is 0 Å². The zero-order chi connectivity index (χ0) is 17.3. The van der Waals surface area contributed by atoms with Gasteiger partial charge in [0.05, 0.1) is 29.8 Å². The maximum atomic E-state index is 12.6. The molecule has 1 fully saturated rings. The number of halogens is 2. The third-order valence-electron chi connectivity index (χ3n) is 3.30. The van der Waals surface area contributed by atoms with Gasteiger partial charge in [-0.3, -0.25) is 9.69 Å². The number of hydrogen-bond acceptors (Lipinski definition) is 5. The Kier molecular flexibility index (Phi) is 5.20. The van der Waals surface area contributed by atoms with Gasteiger partial charge in [-0.05, 0) is 30.3 Å². The number of furan rings is 1. The molecule has 2 aromatic rings. The van der Waals surface area contributed by atoms with Crippen molar-refractivity contribution in [1.29, 1.82) is 0 Å². The molecule has 8 heteroatoms. The number of amides is 1. The van der Waals surface area contributed by atoms with Crippen molar-refractivity contribution in [3.05, 3.63) is 56.8 Å². The van der Waals surface area contributed by atoms with Gasteiger partial charge < -0.3 is 9.15 Å². The zero-order valence-electron chi connectivity index (χ0n) is 12.4. The van der Waals surface area contributed by atoms with Crippen LogP contribution < -0.4 is 4.74 Å². The molecule has 1 aliphatic rings. The summed E-state index contributed by atoms with van der Waals surface area (Å²) in [6.07, 6.45) is 3.24. The Hall–Kier alpha value is -1.47. The number of rotatable bonds is 4. The predicted octanol–water partition coefficient (Wildman–Crippen LogP) is 5.00. The molecule has 1 aromatic carbocycles. The Morgan fingerprint density at radius 3 is 2.88 bits per heavy atom. The Bertz CT molecular complexity index is 834. The van der Waals surface area contributed by atoms with Crippen LogP contribution in [-0.2, 0) is 11.3 Å². The van der Waals surface area contributed by atoms with Crippen LogP contribution in [0.15, 0.2) is 39.9 Å². The highest BCUT2D eigenvalue weighted by Crippen LogP contribution is 2.38. The molecule has 0 saturated carbocycles. The van der Waals surface area contributed by atoms with Crippen molar-refractivity contribution in [2.45, 2.75) is 6.54 Å². The fourth-order valence-electron chi connectivity index (χ4n) is 2.24. The first-order valence-corrected chi connectivity index (χ1v) is 8.78. The van der Waals surface area contributed by atoms with Crippen LogP contribution in [0.3, 0.4) is 0 Å². The van der Waals surface area contributed by atoms with E-state index in [-0.39, 0.29) is 5.91 Å². The van der Waals surface area contributed by atoms with E-state index in [4.69, 9.17) is 44.6 Å². The molecule has 0 spiro atoms. The Balaban J connectivity index is 1.92. The lowest BCUT2D eigenvalue weighted by molar-refractivity contribution is -0.122. The number of carbonyl (C=O) groups is 1. The van der Waals surface area contributed by atoms with Crippen LogP contribution in [0, 0.1) is 0 Å². The second-order valence-corrected chi connectivity index (χ2v) is 7.38. The maximum Gasteiger partial charge on any atom is 0.266 e. The lowest BCUT2D eigenvalue weighted by atomic mass is 10.2. The molecule has 4 nitrogen and oxygen atoms in total. The summed E-state index contributed by atoms with van der Waals surface area (Å²) in [6, 6.07) is 6.83. The quantitative estimate of drug-likeness (QED) is 0.534. The largest absolute Gasteiger partial charge is 0.495 e. The lowest BCUT2D eigenvalue weighted by Crippen LogP contribution is -2.27. The number of methoxy groups -OCH3 is 1. The summed E-state index contributed by atoms with van der Waals surface area (Å²) in [7, 11) is 1.51. The molecule has 0 atom stereocenters. The molecule has 1 amide bonds. The van der Waals surface area contributed by atoms with Gasteiger partial charge in [0, 0.05) is 10.6 Å². The second-order valence-electron chi connectivity index (χ2n) is 4.86. The summed E-state index contributed by atoms with van der Waals surface area (Å²) < 4.78 is 11.0. The summed E-state index contributed by atoms with van der Waals surface area (Å²) in [5, 5.41) is 0.834. The Morgan fingerprint density at radius 2 is 2.21 bits per heavy atom. The SMILES string of the molecule is COc1c(Cl)cc(Cl)cc1/C=C1/SC(=S)N(Cc2ccco2)C1=O. The molecule has 3 rings (SSSR count). The first-order valence-electron chi connectivity index (χ1n) is 6.80. The molecule has 0 unspecified atom stereocenters. The lowest BCUT2D eigenvalue weighted by Gasteiger charge is -2.12. The van der Waals surface area contributed by atoms with Crippen molar-refractivity contribution in [1.82, 2.24) is 4.90 Å². The van der Waals surface area contributed by atoms with Gasteiger partial charge in [0.25, 0.3) is 5.91 Å². The number of hydrogen-bond donors (Lipinski definition) is 0. The van der Waals surface area contributed by atoms with Crippen LogP contribution in [0.25, 0.3) is 6.08 Å². The van der Waals surface area contributed by atoms with E-state index in [0.29, 0.717) is 42.9 Å². The fourth-order valence-corrected chi connectivity index (χ4v) is 4.07. The molecule has 24 heavy (non-hydrogen) atoms. The first kappa shape index (κ1) is 17.4. The van der Waals surface area contributed by atoms with Crippen LogP contribution in [0.5, 0.6) is 5.75 Å². The second kappa shape index (κ2) is 7.19. The molecule has 2 heterocycles. The fraction of sp³-hybridized carbons (Fsp3) is 0.125. The summed E-state index contributed by atoms with van der Waals surface area (Å²) in [4.78, 5) is 14.6. The smallest absolute Gasteiger partial charge is 0.266 e. The summed E-state index contributed by atoms with van der Waals surface area (Å²) >= 11 is 18.7. The number of thiocarbonyl (C=S) groups is 1. The van der Waals surface area contributed by atoms with Gasteiger partial charge >= 0.3 is 0 Å². The van der Waals surface area contributed by atoms with E-state index < -0.39 is 0 Å². The molecule has 1 saturated heterocycles. The van der Waals surface area contributed by atoms with Crippen LogP contribution in [0.2, 0.25) is 10.0 Å². The van der Waals surface area contributed by atoms with E-state index >= 15 is 0 Å². The molecular formula is C16H11Cl2NO3S2. The number of thioether (sulfide) groups is 1. The minimum atomic E-state index is -0.195. The molecule has 124 valence electrons. The van der Waals surface area contributed by atoms with Crippen molar-refractivity contribution in [2.24, 2.45) is 0 Å². The van der Waals surface area contributed by atoms with Crippen LogP contribution >= 0.6 is 47.2 Å². The highest BCUT2D eigenvalue weighted by atomic mass is 35.5. The number of benzene rings is 1. The third kappa shape index (κ3) is 3.47. The number of nitrogens with zero attached hydrogens (tertiary/aromatic N) is 1. The zero-order valence-corrected chi connectivity index (χ0v) is 15.6. The van der Waals surface area contributed by atoms with Crippen molar-refractivity contribution in [2.75, 3.05) is 7.11 Å². The van der Waals surface area contributed by atoms with Crippen LogP contribution in [0.4, 0.5) is 0 Å². The monoisotopic (exact) mass is 399 g/mol. The topological polar surface area (TPSA) is 42.7 Å². The highest BCUT2D eigenvalue weighted by molar-refractivity contribution is 8.26. The molecule has 1 aromatic heterocycles. The molecule has 0 aliphatic carbocycles. The van der Waals surface area contributed by atoms with E-state index in [1.54, 1.807) is 36.6 Å². The van der Waals surface area contributed by atoms with Gasteiger partial charge in [0.2, 0.25) is 0 Å². The molecule has 0 bridgehead atoms. The van der Waals surface area contributed by atoms with Gasteiger partial charge in [0.1, 0.15) is 15.8 Å². The number of carbonyl (C=O) groups excluding carboxylic acids is 1. The van der Waals surface area contributed by atoms with Crippen LogP contribution in [-0.4, -0.2) is 22.2 Å². The van der Waals surface area contributed by atoms with Gasteiger partial charge in [-0.2, -0.15) is 0 Å². The summed E-state index contributed by atoms with van der Waals surface area (Å²) in [5.41, 5.74) is 0.619. The number of ether oxygens (including phenoxy) is 1. The minimum absolute atomic E-state index is 0.195. The normalized spacial score (nSPS) is 16.3. The van der Waals surface area contributed by atoms with Crippen molar-refractivity contribution in [3.8, 4) is 5.75 Å². The standard InChI is InChI=1S/C16H11Cl2NO3S2/c1-21-14-9(5-10(17)7-12(14)18)6-13-15(20)19(16(23)24-13)8-11-3-2-4-22-11/h2-7H,8H2,1H3/b13-6+. The van der Waals surface area contributed by atoms with E-state index in [2.05, 4.69) is 0 Å². The first-order chi connectivity index (χ1) is 11.5. The highest BCUT2D eigenvalue weighted by Gasteiger charge is 2.32. The average molecular weight is 400 g/mol. The van der Waals surface area contributed by atoms with E-state index in [9.17, 15) is 4.79 Å². The summed E-state index contributed by atoms with van der Waals surface area (Å²) in [5.74, 6) is 0.924. The maximum absolute atomic E-state index is 12.6. The van der Waals surface area contributed by atoms with Gasteiger partial charge in [-0.1, -0.05) is 47.2 Å². The van der Waals surface area contributed by atoms with Gasteiger partial charge in [-0.15, -0.1) is 0 Å². The van der Waals surface area contributed by atoms with Gasteiger partial charge in [0.15, 0.2) is 0 Å². The van der Waals surface area contributed by atoms with E-state index in [0.717, 1.165) is 0 Å².